The number of carbonyl (C=O) groups is 1. The maximum absolute atomic E-state index is 12.4. The van der Waals surface area contributed by atoms with Gasteiger partial charge >= 0.3 is 0 Å². The van der Waals surface area contributed by atoms with E-state index in [0.29, 0.717) is 31.1 Å². The standard InChI is InChI=1S/C22H36N2O3/c1-21(2)17-6-5-16(19(21)11-17)13-27-14-18(25)12-24-10-4-8-22(15-24)7-3-9-23-20(22)26/h5,17-19,25H,3-4,6-15H2,1-2H3,(H,23,26). The molecule has 2 aliphatic heterocycles. The number of hydrogen-bond donors (Lipinski definition) is 2. The molecule has 2 saturated heterocycles. The van der Waals surface area contributed by atoms with Crippen molar-refractivity contribution in [3.05, 3.63) is 11.6 Å². The number of β-amino-alcohol motifs (C(OH)–C–C–N with tert-alkyl or cyclic N) is 1. The van der Waals surface area contributed by atoms with Gasteiger partial charge in [0.1, 0.15) is 0 Å². The third-order valence-corrected chi connectivity index (χ3v) is 7.89. The van der Waals surface area contributed by atoms with Crippen LogP contribution < -0.4 is 5.32 Å². The highest BCUT2D eigenvalue weighted by atomic mass is 16.5. The van der Waals surface area contributed by atoms with Crippen LogP contribution in [-0.4, -0.2) is 61.4 Å². The van der Waals surface area contributed by atoms with Gasteiger partial charge in [-0.1, -0.05) is 19.9 Å². The largest absolute Gasteiger partial charge is 0.389 e. The Morgan fingerprint density at radius 3 is 2.93 bits per heavy atom. The first kappa shape index (κ1) is 19.4. The van der Waals surface area contributed by atoms with E-state index in [4.69, 9.17) is 4.74 Å². The molecule has 5 nitrogen and oxygen atoms in total. The number of likely N-dealkylation sites (tertiary alicyclic amines) is 1. The second kappa shape index (κ2) is 7.49. The monoisotopic (exact) mass is 376 g/mol. The van der Waals surface area contributed by atoms with Crippen LogP contribution >= 0.6 is 0 Å². The lowest BCUT2D eigenvalue weighted by Crippen LogP contribution is -2.55. The van der Waals surface area contributed by atoms with Gasteiger partial charge < -0.3 is 15.2 Å². The fraction of sp³-hybridized carbons (Fsp3) is 0.864. The summed E-state index contributed by atoms with van der Waals surface area (Å²) in [6.45, 7) is 8.94. The Kier molecular flexibility index (Phi) is 5.38. The van der Waals surface area contributed by atoms with Crippen LogP contribution in [0.25, 0.3) is 0 Å². The van der Waals surface area contributed by atoms with Crippen LogP contribution in [0.5, 0.6) is 0 Å². The van der Waals surface area contributed by atoms with Crippen LogP contribution in [0.3, 0.4) is 0 Å². The molecule has 3 aliphatic carbocycles. The van der Waals surface area contributed by atoms with Gasteiger partial charge in [-0.05, 0) is 67.9 Å². The average Bonchev–Trinajstić information content (AvgIpc) is 2.64. The lowest BCUT2D eigenvalue weighted by atomic mass is 9.49. The number of allylic oxidation sites excluding steroid dienone is 1. The van der Waals surface area contributed by atoms with Crippen molar-refractivity contribution in [3.8, 4) is 0 Å². The van der Waals surface area contributed by atoms with E-state index in [0.717, 1.165) is 51.2 Å². The Morgan fingerprint density at radius 2 is 2.19 bits per heavy atom. The minimum absolute atomic E-state index is 0.217. The molecule has 1 spiro atoms. The Bertz CT molecular complexity index is 598. The number of carbonyl (C=O) groups excluding carboxylic acids is 1. The lowest BCUT2D eigenvalue weighted by Gasteiger charge is -2.56. The number of nitrogens with one attached hydrogen (secondary N) is 1. The zero-order chi connectivity index (χ0) is 19.1. The maximum Gasteiger partial charge on any atom is 0.227 e. The topological polar surface area (TPSA) is 61.8 Å². The summed E-state index contributed by atoms with van der Waals surface area (Å²) in [6, 6.07) is 0. The molecule has 2 N–H and O–H groups in total. The van der Waals surface area contributed by atoms with Crippen molar-refractivity contribution in [2.24, 2.45) is 22.7 Å². The van der Waals surface area contributed by atoms with Crippen molar-refractivity contribution in [1.82, 2.24) is 10.2 Å². The number of fused-ring (bicyclic) bond motifs is 1. The number of rotatable bonds is 6. The van der Waals surface area contributed by atoms with Crippen LogP contribution in [0.2, 0.25) is 0 Å². The summed E-state index contributed by atoms with van der Waals surface area (Å²) in [5, 5.41) is 13.5. The second-order valence-corrected chi connectivity index (χ2v) is 9.97. The van der Waals surface area contributed by atoms with Crippen molar-refractivity contribution in [1.29, 1.82) is 0 Å². The molecule has 152 valence electrons. The number of piperidine rings is 2. The van der Waals surface area contributed by atoms with Crippen LogP contribution in [0, 0.1) is 22.7 Å². The quantitative estimate of drug-likeness (QED) is 0.699. The zero-order valence-electron chi connectivity index (χ0n) is 17.0. The van der Waals surface area contributed by atoms with Crippen molar-refractivity contribution < 1.29 is 14.6 Å². The fourth-order valence-electron chi connectivity index (χ4n) is 6.01. The molecule has 2 heterocycles. The highest BCUT2D eigenvalue weighted by Gasteiger charge is 2.51. The third kappa shape index (κ3) is 3.70. The summed E-state index contributed by atoms with van der Waals surface area (Å²) < 4.78 is 5.90. The first-order valence-corrected chi connectivity index (χ1v) is 10.9. The van der Waals surface area contributed by atoms with Crippen molar-refractivity contribution in [2.75, 3.05) is 39.4 Å². The molecule has 1 amide bonds. The molecule has 5 heteroatoms. The zero-order valence-corrected chi connectivity index (χ0v) is 17.0. The SMILES string of the molecule is CC1(C)C2CC=C(COCC(O)CN3CCCC4(CCCNC4=O)C3)C1C2. The Labute approximate surface area is 163 Å². The van der Waals surface area contributed by atoms with Crippen molar-refractivity contribution in [2.45, 2.75) is 58.5 Å². The molecule has 0 aromatic heterocycles. The van der Waals surface area contributed by atoms with E-state index in [9.17, 15) is 9.90 Å². The molecule has 27 heavy (non-hydrogen) atoms. The highest BCUT2D eigenvalue weighted by molar-refractivity contribution is 5.83. The Balaban J connectivity index is 1.22. The van der Waals surface area contributed by atoms with E-state index in [2.05, 4.69) is 30.1 Å². The van der Waals surface area contributed by atoms with Gasteiger partial charge in [0, 0.05) is 19.6 Å². The fourth-order valence-corrected chi connectivity index (χ4v) is 6.01. The smallest absolute Gasteiger partial charge is 0.227 e. The minimum atomic E-state index is -0.488. The molecule has 1 saturated carbocycles. The van der Waals surface area contributed by atoms with Crippen LogP contribution in [0.15, 0.2) is 11.6 Å². The van der Waals surface area contributed by atoms with Gasteiger partial charge in [-0.3, -0.25) is 9.69 Å². The predicted octanol–water partition coefficient (Wildman–Crippen LogP) is 2.35. The van der Waals surface area contributed by atoms with E-state index >= 15 is 0 Å². The molecule has 3 fully saturated rings. The number of amides is 1. The second-order valence-electron chi connectivity index (χ2n) is 9.97. The third-order valence-electron chi connectivity index (χ3n) is 7.89. The van der Waals surface area contributed by atoms with Crippen LogP contribution in [0.4, 0.5) is 0 Å². The van der Waals surface area contributed by atoms with Crippen LogP contribution in [0.1, 0.15) is 52.4 Å². The molecule has 5 aliphatic rings. The molecular formula is C22H36N2O3. The Morgan fingerprint density at radius 1 is 1.37 bits per heavy atom. The number of aliphatic hydroxyl groups is 1. The Hall–Kier alpha value is -0.910. The molecule has 0 aromatic carbocycles. The van der Waals surface area contributed by atoms with Crippen molar-refractivity contribution in [3.63, 3.8) is 0 Å². The predicted molar refractivity (Wildman–Crippen MR) is 105 cm³/mol. The maximum atomic E-state index is 12.4. The van der Waals surface area contributed by atoms with Gasteiger partial charge in [-0.2, -0.15) is 0 Å². The van der Waals surface area contributed by atoms with Gasteiger partial charge in [0.25, 0.3) is 0 Å². The lowest BCUT2D eigenvalue weighted by molar-refractivity contribution is -0.138. The summed E-state index contributed by atoms with van der Waals surface area (Å²) in [5.74, 6) is 1.73. The summed E-state index contributed by atoms with van der Waals surface area (Å²) in [5.41, 5.74) is 1.64. The van der Waals surface area contributed by atoms with E-state index in [1.54, 1.807) is 0 Å². The van der Waals surface area contributed by atoms with Gasteiger partial charge in [0.05, 0.1) is 24.7 Å². The molecule has 4 unspecified atom stereocenters. The highest BCUT2D eigenvalue weighted by Crippen LogP contribution is 2.59. The first-order chi connectivity index (χ1) is 12.9. The van der Waals surface area contributed by atoms with Crippen LogP contribution in [-0.2, 0) is 9.53 Å². The minimum Gasteiger partial charge on any atom is -0.389 e. The summed E-state index contributed by atoms with van der Waals surface area (Å²) >= 11 is 0. The van der Waals surface area contributed by atoms with Gasteiger partial charge in [-0.15, -0.1) is 0 Å². The number of aliphatic hydroxyl groups excluding tert-OH is 1. The molecule has 2 bridgehead atoms. The molecule has 4 atom stereocenters. The first-order valence-electron chi connectivity index (χ1n) is 10.9. The van der Waals surface area contributed by atoms with E-state index in [-0.39, 0.29) is 11.3 Å². The number of nitrogens with zero attached hydrogens (tertiary/aromatic N) is 1. The van der Waals surface area contributed by atoms with E-state index < -0.39 is 6.10 Å². The molecule has 0 radical (unpaired) electrons. The van der Waals surface area contributed by atoms with Gasteiger partial charge in [0.2, 0.25) is 5.91 Å². The van der Waals surface area contributed by atoms with E-state index in [1.807, 2.05) is 0 Å². The number of ether oxygens (including phenoxy) is 1. The van der Waals surface area contributed by atoms with Gasteiger partial charge in [0.15, 0.2) is 0 Å². The summed E-state index contributed by atoms with van der Waals surface area (Å²) in [7, 11) is 0. The molecule has 5 rings (SSSR count). The summed E-state index contributed by atoms with van der Waals surface area (Å²) in [4.78, 5) is 14.7. The van der Waals surface area contributed by atoms with Gasteiger partial charge in [-0.25, -0.2) is 0 Å². The van der Waals surface area contributed by atoms with Crippen molar-refractivity contribution >= 4 is 5.91 Å². The summed E-state index contributed by atoms with van der Waals surface area (Å²) in [6.07, 6.45) is 8.43. The normalized spacial score (nSPS) is 36.7. The number of hydrogen-bond acceptors (Lipinski definition) is 4. The molecule has 0 aromatic rings. The van der Waals surface area contributed by atoms with E-state index in [1.165, 1.54) is 18.4 Å². The average molecular weight is 377 g/mol. The molecular weight excluding hydrogens is 340 g/mol.